The molecule has 1 aliphatic rings. The Kier molecular flexibility index (Phi) is 12.6. The Labute approximate surface area is 243 Å². The fourth-order valence-electron chi connectivity index (χ4n) is 4.49. The average Bonchev–Trinajstić information content (AvgIpc) is 2.95. The summed E-state index contributed by atoms with van der Waals surface area (Å²) in [7, 11) is 0. The summed E-state index contributed by atoms with van der Waals surface area (Å²) in [5.74, 6) is -3.03. The number of carboxylic acids is 2. The van der Waals surface area contributed by atoms with Gasteiger partial charge < -0.3 is 27.0 Å². The highest BCUT2D eigenvalue weighted by molar-refractivity contribution is 7.98. The summed E-state index contributed by atoms with van der Waals surface area (Å²) in [5.41, 5.74) is 13.4. The number of carbonyl (C=O) groups excluding carboxylic acids is 2. The molecule has 40 heavy (non-hydrogen) atoms. The summed E-state index contributed by atoms with van der Waals surface area (Å²) >= 11 is 1.47. The number of aliphatic carboxylic acids is 2. The zero-order chi connectivity index (χ0) is 28.4. The van der Waals surface area contributed by atoms with Crippen LogP contribution in [0.2, 0.25) is 0 Å². The van der Waals surface area contributed by atoms with Crippen molar-refractivity contribution in [1.29, 1.82) is 0 Å². The maximum absolute atomic E-state index is 13.7. The Morgan fingerprint density at radius 1 is 0.925 bits per heavy atom. The molecule has 0 fully saturated rings. The molecule has 7 N–H and O–H groups in total. The van der Waals surface area contributed by atoms with Gasteiger partial charge in [0.1, 0.15) is 12.1 Å². The number of hydrogen-bond donors (Lipinski definition) is 5. The zero-order valence-electron chi connectivity index (χ0n) is 21.8. The molecule has 0 spiro atoms. The summed E-state index contributed by atoms with van der Waals surface area (Å²) in [6, 6.07) is 14.1. The molecule has 0 saturated heterocycles. The van der Waals surface area contributed by atoms with E-state index in [1.165, 1.54) is 17.8 Å². The number of benzene rings is 2. The number of amides is 1. The highest BCUT2D eigenvalue weighted by atomic mass is 35.5. The second kappa shape index (κ2) is 15.4. The number of Topliss-reactive ketones (excluding diaryl/α,β-unsaturated/α-hetero) is 1. The molecule has 0 saturated carbocycles. The van der Waals surface area contributed by atoms with E-state index in [-0.39, 0.29) is 37.4 Å². The average molecular weight is 588 g/mol. The molecular formula is C29H34ClN3O6S. The molecule has 0 aromatic heterocycles. The van der Waals surface area contributed by atoms with E-state index in [1.807, 2.05) is 54.6 Å². The maximum atomic E-state index is 13.7. The van der Waals surface area contributed by atoms with E-state index >= 15 is 0 Å². The third-order valence-corrected chi connectivity index (χ3v) is 7.73. The first kappa shape index (κ1) is 32.8. The second-order valence-electron chi connectivity index (χ2n) is 9.36. The van der Waals surface area contributed by atoms with E-state index in [1.54, 1.807) is 18.2 Å². The highest BCUT2D eigenvalue weighted by Gasteiger charge is 2.49. The van der Waals surface area contributed by atoms with Gasteiger partial charge in [0.05, 0.1) is 11.5 Å². The summed E-state index contributed by atoms with van der Waals surface area (Å²) in [6.45, 7) is 0. The Balaban J connectivity index is 0.00000560. The number of halogens is 1. The predicted octanol–water partition coefficient (Wildman–Crippen LogP) is 3.17. The highest BCUT2D eigenvalue weighted by Crippen LogP contribution is 2.35. The van der Waals surface area contributed by atoms with Crippen LogP contribution in [0.5, 0.6) is 0 Å². The lowest BCUT2D eigenvalue weighted by atomic mass is 9.70. The molecule has 214 valence electrons. The van der Waals surface area contributed by atoms with Gasteiger partial charge in [-0.05, 0) is 29.5 Å². The first-order chi connectivity index (χ1) is 18.7. The normalized spacial score (nSPS) is 18.1. The van der Waals surface area contributed by atoms with E-state index < -0.39 is 47.2 Å². The molecule has 1 aliphatic carbocycles. The van der Waals surface area contributed by atoms with Crippen LogP contribution < -0.4 is 16.8 Å². The van der Waals surface area contributed by atoms with E-state index in [0.717, 1.165) is 16.7 Å². The smallest absolute Gasteiger partial charge is 0.327 e. The van der Waals surface area contributed by atoms with Gasteiger partial charge in [-0.3, -0.25) is 14.4 Å². The molecule has 0 radical (unpaired) electrons. The number of carbonyl (C=O) groups is 4. The van der Waals surface area contributed by atoms with Crippen LogP contribution in [0.4, 0.5) is 0 Å². The fourth-order valence-corrected chi connectivity index (χ4v) is 5.49. The van der Waals surface area contributed by atoms with Gasteiger partial charge in [-0.1, -0.05) is 78.9 Å². The van der Waals surface area contributed by atoms with Gasteiger partial charge in [-0.25, -0.2) is 4.79 Å². The van der Waals surface area contributed by atoms with Crippen LogP contribution in [0.3, 0.4) is 0 Å². The number of hydrogen-bond acceptors (Lipinski definition) is 7. The van der Waals surface area contributed by atoms with Crippen LogP contribution in [-0.4, -0.2) is 57.7 Å². The maximum Gasteiger partial charge on any atom is 0.327 e. The number of carboxylic acid groups (broad SMARTS) is 2. The number of nitrogens with two attached hydrogens (primary N) is 2. The second-order valence-corrected chi connectivity index (χ2v) is 10.4. The number of thioether (sulfide) groups is 1. The van der Waals surface area contributed by atoms with Gasteiger partial charge in [-0.2, -0.15) is 11.8 Å². The zero-order valence-corrected chi connectivity index (χ0v) is 23.4. The minimum Gasteiger partial charge on any atom is -0.480 e. The van der Waals surface area contributed by atoms with Crippen molar-refractivity contribution < 1.29 is 29.4 Å². The van der Waals surface area contributed by atoms with Crippen LogP contribution in [-0.2, 0) is 24.9 Å². The van der Waals surface area contributed by atoms with E-state index in [4.69, 9.17) is 16.6 Å². The Morgan fingerprint density at radius 3 is 2.23 bits per heavy atom. The lowest BCUT2D eigenvalue weighted by Crippen LogP contribution is -2.59. The first-order valence-electron chi connectivity index (χ1n) is 12.5. The van der Waals surface area contributed by atoms with E-state index in [2.05, 4.69) is 5.32 Å². The Morgan fingerprint density at radius 2 is 1.60 bits per heavy atom. The minimum absolute atomic E-state index is 0. The lowest BCUT2D eigenvalue weighted by Gasteiger charge is -2.37. The van der Waals surface area contributed by atoms with Crippen molar-refractivity contribution >= 4 is 47.8 Å². The third kappa shape index (κ3) is 8.28. The minimum atomic E-state index is -1.59. The molecular weight excluding hydrogens is 554 g/mol. The molecule has 0 aliphatic heterocycles. The fraction of sp³-hybridized carbons (Fsp3) is 0.310. The van der Waals surface area contributed by atoms with Crippen molar-refractivity contribution in [2.24, 2.45) is 16.9 Å². The quantitative estimate of drug-likeness (QED) is 0.222. The predicted molar refractivity (Wildman–Crippen MR) is 158 cm³/mol. The number of nitrogens with one attached hydrogen (secondary N) is 1. The molecule has 3 rings (SSSR count). The summed E-state index contributed by atoms with van der Waals surface area (Å²) in [6.07, 6.45) is 5.97. The number of rotatable bonds is 14. The van der Waals surface area contributed by atoms with Crippen LogP contribution >= 0.6 is 24.2 Å². The molecule has 2 aromatic carbocycles. The standard InChI is InChI=1S/C29H33N3O6S.ClH/c30-22(27(35)36)13-14-24(33)32-25(28(37)38)29(15-7-2-8-16-29)26(34)23(31)18-39-17-20-11-5-6-12-21(20)19-9-3-1-4-10-19;/h1-12,15,22-23,25H,13-14,16-18,30-31H2,(H,32,33)(H,35,36)(H,37,38);1H/t22-,23-,25-,29?;/m0./s1. The van der Waals surface area contributed by atoms with Gasteiger partial charge in [0, 0.05) is 17.9 Å². The number of ketones is 1. The molecule has 9 nitrogen and oxygen atoms in total. The molecule has 1 unspecified atom stereocenters. The van der Waals surface area contributed by atoms with Gasteiger partial charge in [0.2, 0.25) is 5.91 Å². The molecule has 2 aromatic rings. The van der Waals surface area contributed by atoms with Crippen LogP contribution in [0.1, 0.15) is 24.8 Å². The van der Waals surface area contributed by atoms with Crippen LogP contribution in [0.15, 0.2) is 78.9 Å². The Bertz CT molecular complexity index is 1260. The van der Waals surface area contributed by atoms with Crippen molar-refractivity contribution in [3.8, 4) is 11.1 Å². The van der Waals surface area contributed by atoms with Gasteiger partial charge in [-0.15, -0.1) is 12.4 Å². The molecule has 4 atom stereocenters. The topological polar surface area (TPSA) is 173 Å². The number of allylic oxidation sites excluding steroid dienone is 3. The molecule has 0 heterocycles. The van der Waals surface area contributed by atoms with E-state index in [9.17, 15) is 24.3 Å². The first-order valence-corrected chi connectivity index (χ1v) is 13.7. The summed E-state index contributed by atoms with van der Waals surface area (Å²) in [5, 5.41) is 21.4. The largest absolute Gasteiger partial charge is 0.480 e. The van der Waals surface area contributed by atoms with Gasteiger partial charge in [0.25, 0.3) is 0 Å². The Hall–Kier alpha value is -3.44. The summed E-state index contributed by atoms with van der Waals surface area (Å²) < 4.78 is 0. The van der Waals surface area contributed by atoms with Crippen molar-refractivity contribution in [1.82, 2.24) is 5.32 Å². The van der Waals surface area contributed by atoms with Gasteiger partial charge >= 0.3 is 11.9 Å². The SMILES string of the molecule is Cl.N[C@@H](CCC(=O)N[C@@H](C(=O)O)C1(C(=O)[C@@H](N)CSCc2ccccc2-c2ccccc2)C=CC=CC1)C(=O)O. The third-order valence-electron chi connectivity index (χ3n) is 6.62. The van der Waals surface area contributed by atoms with Crippen molar-refractivity contribution in [3.63, 3.8) is 0 Å². The van der Waals surface area contributed by atoms with Crippen molar-refractivity contribution in [2.45, 2.75) is 43.1 Å². The molecule has 11 heteroatoms. The monoisotopic (exact) mass is 587 g/mol. The van der Waals surface area contributed by atoms with Gasteiger partial charge in [0.15, 0.2) is 5.78 Å². The lowest BCUT2D eigenvalue weighted by molar-refractivity contribution is -0.149. The molecule has 1 amide bonds. The summed E-state index contributed by atoms with van der Waals surface area (Å²) in [4.78, 5) is 49.5. The van der Waals surface area contributed by atoms with Crippen molar-refractivity contribution in [3.05, 3.63) is 84.5 Å². The van der Waals surface area contributed by atoms with Crippen molar-refractivity contribution in [2.75, 3.05) is 5.75 Å². The molecule has 0 bridgehead atoms. The van der Waals surface area contributed by atoms with E-state index in [0.29, 0.717) is 5.75 Å². The van der Waals surface area contributed by atoms with Crippen LogP contribution in [0, 0.1) is 5.41 Å². The van der Waals surface area contributed by atoms with Crippen LogP contribution in [0.25, 0.3) is 11.1 Å².